The van der Waals surface area contributed by atoms with Crippen LogP contribution in [0, 0.1) is 11.8 Å². The molecule has 0 unspecified atom stereocenters. The molecule has 0 saturated carbocycles. The van der Waals surface area contributed by atoms with Crippen LogP contribution < -0.4 is 5.32 Å². The fourth-order valence-electron chi connectivity index (χ4n) is 5.52. The molecule has 8 aromatic rings. The topological polar surface area (TPSA) is 63.6 Å². The molecule has 0 radical (unpaired) electrons. The van der Waals surface area contributed by atoms with Gasteiger partial charge in [0, 0.05) is 49.4 Å². The predicted molar refractivity (Wildman–Crippen MR) is 193 cm³/mol. The van der Waals surface area contributed by atoms with Crippen LogP contribution in [-0.2, 0) is 12.8 Å². The van der Waals surface area contributed by atoms with E-state index in [0.29, 0.717) is 11.8 Å². The first-order valence-electron chi connectivity index (χ1n) is 14.2. The Labute approximate surface area is 273 Å². The largest absolute Gasteiger partial charge is 0.352 e. The van der Waals surface area contributed by atoms with Gasteiger partial charge in [0.15, 0.2) is 0 Å². The van der Waals surface area contributed by atoms with Crippen molar-refractivity contribution in [3.63, 3.8) is 0 Å². The molecule has 0 aliphatic carbocycles. The van der Waals surface area contributed by atoms with Gasteiger partial charge >= 0.3 is 0 Å². The smallest absolute Gasteiger partial charge is 0.128 e. The molecule has 6 aromatic heterocycles. The minimum atomic E-state index is 0.668. The molecule has 0 saturated heterocycles. The van der Waals surface area contributed by atoms with Crippen molar-refractivity contribution in [2.75, 3.05) is 5.32 Å². The first kappa shape index (κ1) is 27.7. The molecule has 216 valence electrons. The highest BCUT2D eigenvalue weighted by atomic mass is 32.1. The maximum Gasteiger partial charge on any atom is 0.128 e. The maximum absolute atomic E-state index is 4.73. The van der Waals surface area contributed by atoms with E-state index in [9.17, 15) is 0 Å². The number of anilines is 2. The zero-order valence-electron chi connectivity index (χ0n) is 23.9. The highest BCUT2D eigenvalue weighted by Crippen LogP contribution is 2.44. The SMILES string of the molecule is CC(C)Cc1cc2sc(-c3ccc(Nc4ccc(-c5cc6sc(CC(C)C)cc6s5)c5nsnc45)c4nsnc34)cc2s1. The molecule has 0 bridgehead atoms. The first-order valence-corrected chi connectivity index (χ1v) is 18.9. The second kappa shape index (κ2) is 11.0. The van der Waals surface area contributed by atoms with Crippen LogP contribution in [0.5, 0.6) is 0 Å². The van der Waals surface area contributed by atoms with Gasteiger partial charge in [-0.15, -0.1) is 45.3 Å². The number of rotatable bonds is 8. The fraction of sp³-hybridized carbons (Fsp3) is 0.250. The summed E-state index contributed by atoms with van der Waals surface area (Å²) in [4.78, 5) is 5.41. The third-order valence-corrected chi connectivity index (χ3v) is 13.1. The molecule has 0 atom stereocenters. The standard InChI is InChI=1S/C32H27N5S6/c1-15(2)9-17-11-25-27(38-17)13-23(40-25)19-5-7-21(31-29(19)34-42-36-31)33-22-8-6-20(30-32(22)37-43-35-30)24-14-28-26(41-24)12-18(39-28)10-16(3)4/h5-8,11-16,33H,9-10H2,1-4H3. The van der Waals surface area contributed by atoms with Crippen molar-refractivity contribution in [3.8, 4) is 20.9 Å². The highest BCUT2D eigenvalue weighted by Gasteiger charge is 2.19. The third kappa shape index (κ3) is 5.09. The van der Waals surface area contributed by atoms with Gasteiger partial charge in [-0.3, -0.25) is 0 Å². The lowest BCUT2D eigenvalue weighted by Gasteiger charge is -2.10. The molecule has 0 fully saturated rings. The Hall–Kier alpha value is -2.80. The van der Waals surface area contributed by atoms with Crippen LogP contribution in [0.4, 0.5) is 11.4 Å². The van der Waals surface area contributed by atoms with Crippen LogP contribution in [0.15, 0.2) is 48.5 Å². The van der Waals surface area contributed by atoms with Gasteiger partial charge in [-0.1, -0.05) is 27.7 Å². The lowest BCUT2D eigenvalue weighted by atomic mass is 10.1. The van der Waals surface area contributed by atoms with E-state index in [2.05, 4.69) is 81.5 Å². The average molecular weight is 674 g/mol. The summed E-state index contributed by atoms with van der Waals surface area (Å²) in [6.07, 6.45) is 2.27. The minimum absolute atomic E-state index is 0.668. The summed E-state index contributed by atoms with van der Waals surface area (Å²) in [5.41, 5.74) is 7.78. The molecule has 11 heteroatoms. The Bertz CT molecular complexity index is 2030. The van der Waals surface area contributed by atoms with E-state index >= 15 is 0 Å². The first-order chi connectivity index (χ1) is 20.9. The summed E-state index contributed by atoms with van der Waals surface area (Å²) < 4.78 is 24.3. The zero-order chi connectivity index (χ0) is 29.2. The van der Waals surface area contributed by atoms with Crippen LogP contribution in [0.3, 0.4) is 0 Å². The second-order valence-corrected chi connectivity index (χ2v) is 17.2. The molecular formula is C32H27N5S6. The molecular weight excluding hydrogens is 647 g/mol. The molecule has 1 N–H and O–H groups in total. The van der Waals surface area contributed by atoms with E-state index in [1.807, 2.05) is 45.3 Å². The molecule has 2 aromatic carbocycles. The van der Waals surface area contributed by atoms with Crippen molar-refractivity contribution >= 4 is 121 Å². The summed E-state index contributed by atoms with van der Waals surface area (Å²) in [6, 6.07) is 18.0. The predicted octanol–water partition coefficient (Wildman–Crippen LogP) is 11.7. The number of thiophene rings is 4. The van der Waals surface area contributed by atoms with Gasteiger partial charge in [0.25, 0.3) is 0 Å². The Balaban J connectivity index is 1.11. The Morgan fingerprint density at radius 1 is 0.535 bits per heavy atom. The van der Waals surface area contributed by atoms with Crippen LogP contribution in [0.2, 0.25) is 0 Å². The van der Waals surface area contributed by atoms with Gasteiger partial charge < -0.3 is 5.32 Å². The summed E-state index contributed by atoms with van der Waals surface area (Å²) >= 11 is 10.0. The molecule has 8 rings (SSSR count). The van der Waals surface area contributed by atoms with Gasteiger partial charge in [0.1, 0.15) is 22.1 Å². The van der Waals surface area contributed by atoms with Gasteiger partial charge in [0.2, 0.25) is 0 Å². The number of fused-ring (bicyclic) bond motifs is 4. The second-order valence-electron chi connectivity index (χ2n) is 11.7. The van der Waals surface area contributed by atoms with Crippen LogP contribution in [0.1, 0.15) is 37.4 Å². The molecule has 6 heterocycles. The maximum atomic E-state index is 4.73. The number of nitrogens with zero attached hydrogens (tertiary/aromatic N) is 4. The van der Waals surface area contributed by atoms with Crippen LogP contribution in [0.25, 0.3) is 61.7 Å². The zero-order valence-corrected chi connectivity index (χ0v) is 28.8. The van der Waals surface area contributed by atoms with Crippen molar-refractivity contribution in [2.24, 2.45) is 11.8 Å². The van der Waals surface area contributed by atoms with E-state index in [1.54, 1.807) is 0 Å². The van der Waals surface area contributed by atoms with Gasteiger partial charge in [-0.2, -0.15) is 17.5 Å². The van der Waals surface area contributed by atoms with E-state index in [-0.39, 0.29) is 0 Å². The third-order valence-electron chi connectivity index (χ3n) is 7.37. The van der Waals surface area contributed by atoms with Crippen LogP contribution in [-0.4, -0.2) is 17.5 Å². The lowest BCUT2D eigenvalue weighted by Crippen LogP contribution is -1.94. The van der Waals surface area contributed by atoms with Crippen molar-refractivity contribution in [2.45, 2.75) is 40.5 Å². The summed E-state index contributed by atoms with van der Waals surface area (Å²) in [6.45, 7) is 9.11. The number of nitrogens with one attached hydrogen (secondary N) is 1. The molecule has 0 aliphatic rings. The number of hydrogen-bond acceptors (Lipinski definition) is 11. The van der Waals surface area contributed by atoms with E-state index < -0.39 is 0 Å². The van der Waals surface area contributed by atoms with Gasteiger partial charge in [0.05, 0.1) is 34.8 Å². The Morgan fingerprint density at radius 3 is 1.37 bits per heavy atom. The fourth-order valence-corrected chi connectivity index (χ4v) is 12.0. The molecule has 5 nitrogen and oxygen atoms in total. The Kier molecular flexibility index (Phi) is 7.08. The number of hydrogen-bond donors (Lipinski definition) is 1. The normalized spacial score (nSPS) is 12.3. The van der Waals surface area contributed by atoms with Gasteiger partial charge in [-0.25, -0.2) is 0 Å². The molecule has 0 amide bonds. The summed E-state index contributed by atoms with van der Waals surface area (Å²) in [7, 11) is 0. The average Bonchev–Trinajstić information content (AvgIpc) is 3.77. The van der Waals surface area contributed by atoms with E-state index in [1.165, 1.54) is 61.8 Å². The van der Waals surface area contributed by atoms with Crippen LogP contribution >= 0.6 is 68.8 Å². The highest BCUT2D eigenvalue weighted by molar-refractivity contribution is 7.30. The van der Waals surface area contributed by atoms with Crippen molar-refractivity contribution in [3.05, 3.63) is 58.3 Å². The number of aromatic nitrogens is 4. The van der Waals surface area contributed by atoms with Crippen molar-refractivity contribution < 1.29 is 0 Å². The summed E-state index contributed by atoms with van der Waals surface area (Å²) in [5.74, 6) is 1.34. The number of benzene rings is 2. The molecule has 0 spiro atoms. The summed E-state index contributed by atoms with van der Waals surface area (Å²) in [5, 5.41) is 3.63. The monoisotopic (exact) mass is 673 g/mol. The lowest BCUT2D eigenvalue weighted by molar-refractivity contribution is 0.654. The van der Waals surface area contributed by atoms with E-state index in [4.69, 9.17) is 17.5 Å². The van der Waals surface area contributed by atoms with Gasteiger partial charge in [-0.05, 0) is 73.2 Å². The van der Waals surface area contributed by atoms with E-state index in [0.717, 1.165) is 57.4 Å². The quantitative estimate of drug-likeness (QED) is 0.174. The minimum Gasteiger partial charge on any atom is -0.352 e. The van der Waals surface area contributed by atoms with Crippen molar-refractivity contribution in [1.29, 1.82) is 0 Å². The van der Waals surface area contributed by atoms with Crippen molar-refractivity contribution in [1.82, 2.24) is 17.5 Å². The Morgan fingerprint density at radius 2 is 0.953 bits per heavy atom. The molecule has 0 aliphatic heterocycles. The molecule has 43 heavy (non-hydrogen) atoms.